The van der Waals surface area contributed by atoms with Gasteiger partial charge in [0.2, 0.25) is 0 Å². The minimum atomic E-state index is -3.84. The molecule has 1 heterocycles. The van der Waals surface area contributed by atoms with Crippen LogP contribution in [0.2, 0.25) is 5.02 Å². The maximum Gasteiger partial charge on any atom is 0.280 e. The number of nitrogens with one attached hydrogen (secondary N) is 1. The van der Waals surface area contributed by atoms with E-state index in [2.05, 4.69) is 9.93 Å². The summed E-state index contributed by atoms with van der Waals surface area (Å²) in [5.41, 5.74) is 1.03. The molecule has 0 aliphatic rings. The highest BCUT2D eigenvalue weighted by molar-refractivity contribution is 7.89. The topological polar surface area (TPSA) is 67.8 Å². The lowest BCUT2D eigenvalue weighted by atomic mass is 10.3. The summed E-state index contributed by atoms with van der Waals surface area (Å²) < 4.78 is 29.5. The fourth-order valence-electron chi connectivity index (χ4n) is 1.58. The quantitative estimate of drug-likeness (QED) is 0.669. The van der Waals surface area contributed by atoms with Gasteiger partial charge in [-0.3, -0.25) is 0 Å². The van der Waals surface area contributed by atoms with E-state index >= 15 is 0 Å². The Kier molecular flexibility index (Phi) is 4.87. The number of hydrazone groups is 1. The normalized spacial score (nSPS) is 11.8. The molecule has 1 N–H and O–H groups in total. The van der Waals surface area contributed by atoms with Gasteiger partial charge < -0.3 is 4.74 Å². The molecule has 2 rings (SSSR count). The zero-order valence-corrected chi connectivity index (χ0v) is 13.7. The summed E-state index contributed by atoms with van der Waals surface area (Å²) in [5, 5.41) is 5.98. The summed E-state index contributed by atoms with van der Waals surface area (Å²) in [6.07, 6.45) is 1.47. The Morgan fingerprint density at radius 2 is 2.14 bits per heavy atom. The molecule has 0 radical (unpaired) electrons. The van der Waals surface area contributed by atoms with E-state index in [9.17, 15) is 8.42 Å². The van der Waals surface area contributed by atoms with Crippen LogP contribution in [-0.2, 0) is 10.0 Å². The van der Waals surface area contributed by atoms with Gasteiger partial charge in [0.15, 0.2) is 0 Å². The second-order valence-electron chi connectivity index (χ2n) is 4.12. The maximum atomic E-state index is 12.2. The summed E-state index contributed by atoms with van der Waals surface area (Å²) in [4.78, 5) is 2.98. The van der Waals surface area contributed by atoms with E-state index in [1.165, 1.54) is 36.8 Å². The lowest BCUT2D eigenvalue weighted by molar-refractivity contribution is 0.402. The predicted octanol–water partition coefficient (Wildman–Crippen LogP) is 3.03. The fraction of sp³-hybridized carbons (Fsp3) is 0.154. The van der Waals surface area contributed by atoms with Crippen molar-refractivity contribution in [3.63, 3.8) is 0 Å². The fourth-order valence-corrected chi connectivity index (χ4v) is 3.59. The summed E-state index contributed by atoms with van der Waals surface area (Å²) >= 11 is 7.31. The van der Waals surface area contributed by atoms with Gasteiger partial charge in [0.25, 0.3) is 10.0 Å². The first kappa shape index (κ1) is 15.8. The molecule has 0 unspecified atom stereocenters. The van der Waals surface area contributed by atoms with E-state index in [1.807, 2.05) is 18.4 Å². The van der Waals surface area contributed by atoms with E-state index in [1.54, 1.807) is 6.07 Å². The van der Waals surface area contributed by atoms with Crippen molar-refractivity contribution in [2.45, 2.75) is 11.8 Å². The first-order valence-electron chi connectivity index (χ1n) is 5.86. The molecule has 0 saturated heterocycles. The molecule has 0 saturated carbocycles. The number of methoxy groups -OCH3 is 1. The summed E-state index contributed by atoms with van der Waals surface area (Å²) in [5.74, 6) is 0.203. The average molecular weight is 345 g/mol. The first-order valence-corrected chi connectivity index (χ1v) is 8.60. The van der Waals surface area contributed by atoms with Crippen molar-refractivity contribution in [1.29, 1.82) is 0 Å². The van der Waals surface area contributed by atoms with Gasteiger partial charge in [0.1, 0.15) is 10.6 Å². The number of sulfonamides is 1. The van der Waals surface area contributed by atoms with Crippen LogP contribution >= 0.6 is 22.9 Å². The van der Waals surface area contributed by atoms with Gasteiger partial charge in [0, 0.05) is 5.02 Å². The number of ether oxygens (including phenoxy) is 1. The van der Waals surface area contributed by atoms with Gasteiger partial charge in [-0.25, -0.2) is 0 Å². The Morgan fingerprint density at radius 3 is 2.76 bits per heavy atom. The molecule has 0 spiro atoms. The number of halogens is 1. The van der Waals surface area contributed by atoms with Crippen molar-refractivity contribution in [2.75, 3.05) is 7.11 Å². The second-order valence-corrected chi connectivity index (χ2v) is 7.13. The van der Waals surface area contributed by atoms with Gasteiger partial charge in [-0.05, 0) is 42.1 Å². The number of rotatable bonds is 5. The van der Waals surface area contributed by atoms with Crippen LogP contribution in [-0.4, -0.2) is 21.7 Å². The second kappa shape index (κ2) is 6.46. The highest BCUT2D eigenvalue weighted by Crippen LogP contribution is 2.26. The van der Waals surface area contributed by atoms with Crippen molar-refractivity contribution >= 4 is 39.2 Å². The van der Waals surface area contributed by atoms with Gasteiger partial charge >= 0.3 is 0 Å². The van der Waals surface area contributed by atoms with Crippen LogP contribution in [0.3, 0.4) is 0 Å². The van der Waals surface area contributed by atoms with Crippen LogP contribution in [0.1, 0.15) is 10.4 Å². The predicted molar refractivity (Wildman–Crippen MR) is 85.0 cm³/mol. The first-order chi connectivity index (χ1) is 9.94. The lowest BCUT2D eigenvalue weighted by Crippen LogP contribution is -2.19. The number of hydrogen-bond acceptors (Lipinski definition) is 5. The molecular weight excluding hydrogens is 332 g/mol. The molecule has 1 aromatic carbocycles. The summed E-state index contributed by atoms with van der Waals surface area (Å²) in [7, 11) is -2.45. The molecule has 112 valence electrons. The number of nitrogens with zero attached hydrogens (tertiary/aromatic N) is 1. The average Bonchev–Trinajstić information content (AvgIpc) is 2.84. The molecule has 0 aliphatic heterocycles. The highest BCUT2D eigenvalue weighted by atomic mass is 35.5. The van der Waals surface area contributed by atoms with Crippen molar-refractivity contribution in [3.8, 4) is 5.75 Å². The largest absolute Gasteiger partial charge is 0.495 e. The zero-order valence-electron chi connectivity index (χ0n) is 11.3. The minimum Gasteiger partial charge on any atom is -0.495 e. The Morgan fingerprint density at radius 1 is 1.38 bits per heavy atom. The third-order valence-electron chi connectivity index (χ3n) is 2.67. The van der Waals surface area contributed by atoms with Crippen LogP contribution < -0.4 is 9.57 Å². The standard InChI is InChI=1S/C13H13ClN2O3S2/c1-9-5-6-20-12(9)8-15-16-21(17,18)13-7-10(14)3-4-11(13)19-2/h3-8,16H,1-2H3/b15-8+. The smallest absolute Gasteiger partial charge is 0.280 e. The monoisotopic (exact) mass is 344 g/mol. The third kappa shape index (κ3) is 3.75. The summed E-state index contributed by atoms with van der Waals surface area (Å²) in [6.45, 7) is 1.92. The Labute approximate surface area is 132 Å². The number of thiophene rings is 1. The van der Waals surface area contributed by atoms with Gasteiger partial charge in [0.05, 0.1) is 18.2 Å². The van der Waals surface area contributed by atoms with E-state index in [0.29, 0.717) is 5.02 Å². The third-order valence-corrected chi connectivity index (χ3v) is 5.10. The molecule has 1 aromatic heterocycles. The van der Waals surface area contributed by atoms with Crippen molar-refractivity contribution < 1.29 is 13.2 Å². The summed E-state index contributed by atoms with van der Waals surface area (Å²) in [6, 6.07) is 6.29. The van der Waals surface area contributed by atoms with Crippen LogP contribution in [0, 0.1) is 6.92 Å². The molecule has 0 bridgehead atoms. The maximum absolute atomic E-state index is 12.2. The lowest BCUT2D eigenvalue weighted by Gasteiger charge is -2.09. The van der Waals surface area contributed by atoms with Crippen LogP contribution in [0.5, 0.6) is 5.75 Å². The Hall–Kier alpha value is -1.57. The number of benzene rings is 1. The highest BCUT2D eigenvalue weighted by Gasteiger charge is 2.19. The molecule has 21 heavy (non-hydrogen) atoms. The molecular formula is C13H13ClN2O3S2. The van der Waals surface area contributed by atoms with Crippen molar-refractivity contribution in [3.05, 3.63) is 45.1 Å². The number of aryl methyl sites for hydroxylation is 1. The van der Waals surface area contributed by atoms with E-state index < -0.39 is 10.0 Å². The van der Waals surface area contributed by atoms with Crippen LogP contribution in [0.15, 0.2) is 39.6 Å². The van der Waals surface area contributed by atoms with Gasteiger partial charge in [-0.2, -0.15) is 18.4 Å². The Balaban J connectivity index is 2.25. The molecule has 2 aromatic rings. The van der Waals surface area contributed by atoms with Crippen molar-refractivity contribution in [2.24, 2.45) is 5.10 Å². The SMILES string of the molecule is COc1ccc(Cl)cc1S(=O)(=O)N/N=C/c1sccc1C. The minimum absolute atomic E-state index is 0.0578. The molecule has 0 aliphatic carbocycles. The van der Waals surface area contributed by atoms with Crippen molar-refractivity contribution in [1.82, 2.24) is 4.83 Å². The zero-order chi connectivity index (χ0) is 15.5. The van der Waals surface area contributed by atoms with Crippen LogP contribution in [0.4, 0.5) is 0 Å². The molecule has 8 heteroatoms. The van der Waals surface area contributed by atoms with Gasteiger partial charge in [-0.15, -0.1) is 11.3 Å². The number of hydrogen-bond donors (Lipinski definition) is 1. The molecule has 0 atom stereocenters. The molecule has 0 amide bonds. The van der Waals surface area contributed by atoms with E-state index in [4.69, 9.17) is 16.3 Å². The molecule has 0 fully saturated rings. The van der Waals surface area contributed by atoms with Gasteiger partial charge in [-0.1, -0.05) is 11.6 Å². The van der Waals surface area contributed by atoms with Crippen LogP contribution in [0.25, 0.3) is 0 Å². The Bertz CT molecular complexity index is 769. The van der Waals surface area contributed by atoms with E-state index in [-0.39, 0.29) is 10.6 Å². The van der Waals surface area contributed by atoms with E-state index in [0.717, 1.165) is 10.4 Å². The molecule has 5 nitrogen and oxygen atoms in total.